The predicted octanol–water partition coefficient (Wildman–Crippen LogP) is 1.86. The van der Waals surface area contributed by atoms with Gasteiger partial charge in [-0.3, -0.25) is 20.2 Å². The zero-order valence-electron chi connectivity index (χ0n) is 8.71. The molecule has 1 aromatic carbocycles. The summed E-state index contributed by atoms with van der Waals surface area (Å²) < 4.78 is 0. The van der Waals surface area contributed by atoms with Crippen molar-refractivity contribution in [1.82, 2.24) is 0 Å². The van der Waals surface area contributed by atoms with Crippen molar-refractivity contribution in [1.29, 1.82) is 0 Å². The SMILES string of the molecule is Cc1c([C@@H](C)O)cc([N+](=O)[O-])cc1[N+](=O)[O-]. The van der Waals surface area contributed by atoms with E-state index in [1.807, 2.05) is 0 Å². The minimum Gasteiger partial charge on any atom is -0.389 e. The van der Waals surface area contributed by atoms with Gasteiger partial charge in [0.05, 0.1) is 22.0 Å². The Morgan fingerprint density at radius 1 is 1.25 bits per heavy atom. The lowest BCUT2D eigenvalue weighted by Gasteiger charge is -2.08. The van der Waals surface area contributed by atoms with Crippen molar-refractivity contribution in [2.45, 2.75) is 20.0 Å². The molecule has 0 amide bonds. The molecular weight excluding hydrogens is 216 g/mol. The normalized spacial score (nSPS) is 12.2. The number of nitro benzene ring substituents is 2. The standard InChI is InChI=1S/C9H10N2O5/c1-5-8(6(2)12)3-7(10(13)14)4-9(5)11(15)16/h3-4,6,12H,1-2H3/t6-/m1/s1. The van der Waals surface area contributed by atoms with Crippen LogP contribution in [0.15, 0.2) is 12.1 Å². The van der Waals surface area contributed by atoms with Crippen molar-refractivity contribution in [3.63, 3.8) is 0 Å². The smallest absolute Gasteiger partial charge is 0.279 e. The van der Waals surface area contributed by atoms with Crippen molar-refractivity contribution in [3.8, 4) is 0 Å². The molecular formula is C9H10N2O5. The number of aliphatic hydroxyl groups is 1. The van der Waals surface area contributed by atoms with E-state index in [9.17, 15) is 25.3 Å². The highest BCUT2D eigenvalue weighted by Crippen LogP contribution is 2.31. The average molecular weight is 226 g/mol. The maximum atomic E-state index is 10.7. The molecule has 0 unspecified atom stereocenters. The van der Waals surface area contributed by atoms with Crippen LogP contribution in [0, 0.1) is 27.2 Å². The third kappa shape index (κ3) is 2.14. The Labute approximate surface area is 90.6 Å². The molecule has 0 aliphatic carbocycles. The summed E-state index contributed by atoms with van der Waals surface area (Å²) in [4.78, 5) is 19.8. The van der Waals surface area contributed by atoms with E-state index in [0.717, 1.165) is 12.1 Å². The summed E-state index contributed by atoms with van der Waals surface area (Å²) in [7, 11) is 0. The van der Waals surface area contributed by atoms with Gasteiger partial charge in [-0.05, 0) is 19.4 Å². The number of hydrogen-bond donors (Lipinski definition) is 1. The van der Waals surface area contributed by atoms with E-state index in [1.165, 1.54) is 13.8 Å². The zero-order valence-corrected chi connectivity index (χ0v) is 8.71. The second-order valence-electron chi connectivity index (χ2n) is 3.37. The van der Waals surface area contributed by atoms with Gasteiger partial charge in [-0.25, -0.2) is 0 Å². The molecule has 16 heavy (non-hydrogen) atoms. The quantitative estimate of drug-likeness (QED) is 0.625. The maximum absolute atomic E-state index is 10.7. The lowest BCUT2D eigenvalue weighted by Crippen LogP contribution is -2.02. The number of rotatable bonds is 3. The van der Waals surface area contributed by atoms with E-state index < -0.39 is 21.6 Å². The summed E-state index contributed by atoms with van der Waals surface area (Å²) in [6, 6.07) is 2.04. The average Bonchev–Trinajstić information content (AvgIpc) is 2.16. The van der Waals surface area contributed by atoms with Crippen molar-refractivity contribution in [2.75, 3.05) is 0 Å². The summed E-state index contributed by atoms with van der Waals surface area (Å²) >= 11 is 0. The van der Waals surface area contributed by atoms with Gasteiger partial charge in [-0.1, -0.05) is 0 Å². The first kappa shape index (κ1) is 12.1. The fourth-order valence-corrected chi connectivity index (χ4v) is 1.43. The van der Waals surface area contributed by atoms with Crippen LogP contribution >= 0.6 is 0 Å². The molecule has 1 aromatic rings. The van der Waals surface area contributed by atoms with Crippen LogP contribution in [0.5, 0.6) is 0 Å². The Morgan fingerprint density at radius 2 is 1.81 bits per heavy atom. The predicted molar refractivity (Wildman–Crippen MR) is 55.1 cm³/mol. The second-order valence-corrected chi connectivity index (χ2v) is 3.37. The lowest BCUT2D eigenvalue weighted by molar-refractivity contribution is -0.394. The summed E-state index contributed by atoms with van der Waals surface area (Å²) in [5.74, 6) is 0. The molecule has 0 bridgehead atoms. The van der Waals surface area contributed by atoms with E-state index in [1.54, 1.807) is 0 Å². The van der Waals surface area contributed by atoms with Gasteiger partial charge in [0.2, 0.25) is 0 Å². The van der Waals surface area contributed by atoms with Crippen molar-refractivity contribution < 1.29 is 15.0 Å². The summed E-state index contributed by atoms with van der Waals surface area (Å²) in [5, 5.41) is 30.6. The monoisotopic (exact) mass is 226 g/mol. The Hall–Kier alpha value is -2.02. The fourth-order valence-electron chi connectivity index (χ4n) is 1.43. The van der Waals surface area contributed by atoms with E-state index in [4.69, 9.17) is 0 Å². The van der Waals surface area contributed by atoms with Crippen LogP contribution in [0.2, 0.25) is 0 Å². The fraction of sp³-hybridized carbons (Fsp3) is 0.333. The molecule has 0 spiro atoms. The van der Waals surface area contributed by atoms with Gasteiger partial charge >= 0.3 is 0 Å². The number of nitro groups is 2. The molecule has 86 valence electrons. The molecule has 0 radical (unpaired) electrons. The number of hydrogen-bond acceptors (Lipinski definition) is 5. The highest BCUT2D eigenvalue weighted by atomic mass is 16.6. The van der Waals surface area contributed by atoms with Crippen molar-refractivity contribution in [3.05, 3.63) is 43.5 Å². The van der Waals surface area contributed by atoms with Crippen LogP contribution in [-0.2, 0) is 0 Å². The first-order chi connectivity index (χ1) is 7.34. The Bertz CT molecular complexity index is 455. The molecule has 0 saturated carbocycles. The maximum Gasteiger partial charge on any atom is 0.279 e. The summed E-state index contributed by atoms with van der Waals surface area (Å²) in [6.07, 6.45) is -0.987. The molecule has 0 aliphatic heterocycles. The molecule has 7 heteroatoms. The molecule has 1 rings (SSSR count). The third-order valence-corrected chi connectivity index (χ3v) is 2.26. The minimum atomic E-state index is -0.987. The molecule has 1 N–H and O–H groups in total. The van der Waals surface area contributed by atoms with Gasteiger partial charge < -0.3 is 5.11 Å². The van der Waals surface area contributed by atoms with Crippen LogP contribution in [0.1, 0.15) is 24.2 Å². The van der Waals surface area contributed by atoms with Gasteiger partial charge in [-0.15, -0.1) is 0 Å². The molecule has 0 aromatic heterocycles. The molecule has 7 nitrogen and oxygen atoms in total. The van der Waals surface area contributed by atoms with E-state index in [2.05, 4.69) is 0 Å². The Morgan fingerprint density at radius 3 is 2.19 bits per heavy atom. The highest BCUT2D eigenvalue weighted by Gasteiger charge is 2.22. The number of nitrogens with zero attached hydrogens (tertiary/aromatic N) is 2. The molecule has 0 heterocycles. The number of benzene rings is 1. The van der Waals surface area contributed by atoms with Gasteiger partial charge in [0.25, 0.3) is 11.4 Å². The summed E-state index contributed by atoms with van der Waals surface area (Å²) in [5.41, 5.74) is -0.315. The first-order valence-electron chi connectivity index (χ1n) is 4.46. The van der Waals surface area contributed by atoms with Gasteiger partial charge in [0, 0.05) is 11.6 Å². The summed E-state index contributed by atoms with van der Waals surface area (Å²) in [6.45, 7) is 2.85. The van der Waals surface area contributed by atoms with Crippen molar-refractivity contribution in [2.24, 2.45) is 0 Å². The van der Waals surface area contributed by atoms with Crippen LogP contribution in [-0.4, -0.2) is 15.0 Å². The van der Waals surface area contributed by atoms with Crippen LogP contribution in [0.3, 0.4) is 0 Å². The van der Waals surface area contributed by atoms with Crippen LogP contribution in [0.4, 0.5) is 11.4 Å². The van der Waals surface area contributed by atoms with E-state index in [-0.39, 0.29) is 16.8 Å². The second kappa shape index (κ2) is 4.23. The van der Waals surface area contributed by atoms with Gasteiger partial charge in [0.15, 0.2) is 0 Å². The molecule has 0 fully saturated rings. The Kier molecular flexibility index (Phi) is 3.19. The van der Waals surface area contributed by atoms with Gasteiger partial charge in [-0.2, -0.15) is 0 Å². The third-order valence-electron chi connectivity index (χ3n) is 2.26. The first-order valence-corrected chi connectivity index (χ1v) is 4.46. The van der Waals surface area contributed by atoms with Gasteiger partial charge in [0.1, 0.15) is 0 Å². The highest BCUT2D eigenvalue weighted by molar-refractivity contribution is 5.53. The van der Waals surface area contributed by atoms with E-state index >= 15 is 0 Å². The number of aliphatic hydroxyl groups excluding tert-OH is 1. The van der Waals surface area contributed by atoms with Crippen LogP contribution in [0.25, 0.3) is 0 Å². The number of non-ortho nitro benzene ring substituents is 1. The molecule has 0 saturated heterocycles. The molecule has 0 aliphatic rings. The Balaban J connectivity index is 3.51. The largest absolute Gasteiger partial charge is 0.389 e. The topological polar surface area (TPSA) is 107 Å². The lowest BCUT2D eigenvalue weighted by atomic mass is 10.0. The zero-order chi connectivity index (χ0) is 12.5. The molecule has 1 atom stereocenters. The minimum absolute atomic E-state index is 0.195. The van der Waals surface area contributed by atoms with Crippen molar-refractivity contribution >= 4 is 11.4 Å². The van der Waals surface area contributed by atoms with Crippen LogP contribution < -0.4 is 0 Å². The van der Waals surface area contributed by atoms with E-state index in [0.29, 0.717) is 0 Å².